The summed E-state index contributed by atoms with van der Waals surface area (Å²) in [7, 11) is 0. The Morgan fingerprint density at radius 3 is 2.19 bits per heavy atom. The second kappa shape index (κ2) is 7.20. The van der Waals surface area contributed by atoms with Gasteiger partial charge in [-0.15, -0.1) is 0 Å². The van der Waals surface area contributed by atoms with Gasteiger partial charge in [-0.1, -0.05) is 42.0 Å². The fourth-order valence-electron chi connectivity index (χ4n) is 3.42. The number of anilines is 1. The first-order chi connectivity index (χ1) is 12.4. The number of aromatic nitrogens is 1. The minimum Gasteiger partial charge on any atom is -0.336 e. The molecule has 3 nitrogen and oxygen atoms in total. The molecule has 1 heterocycles. The van der Waals surface area contributed by atoms with Crippen LogP contribution in [-0.2, 0) is 6.54 Å². The number of carbonyl (C=O) groups excluding carboxylic acids is 1. The fraction of sp³-hybridized carbons (Fsp3) is 0.261. The molecule has 0 unspecified atom stereocenters. The first kappa shape index (κ1) is 18.0. The summed E-state index contributed by atoms with van der Waals surface area (Å²) in [6, 6.07) is 16.3. The number of hydrogen-bond donors (Lipinski definition) is 1. The van der Waals surface area contributed by atoms with Gasteiger partial charge in [0.15, 0.2) is 0 Å². The van der Waals surface area contributed by atoms with Crippen molar-refractivity contribution in [2.24, 2.45) is 0 Å². The zero-order valence-electron chi connectivity index (χ0n) is 16.2. The molecule has 26 heavy (non-hydrogen) atoms. The standard InChI is InChI=1S/C23H26N2O/c1-15-8-6-10-20(12-15)14-25-19(5)17(3)18(4)22(25)23(26)24-21-11-7-9-16(2)13-21/h6-13H,14H2,1-5H3,(H,24,26). The van der Waals surface area contributed by atoms with E-state index in [-0.39, 0.29) is 5.91 Å². The van der Waals surface area contributed by atoms with Gasteiger partial charge in [0, 0.05) is 17.9 Å². The normalized spacial score (nSPS) is 10.8. The van der Waals surface area contributed by atoms with Crippen LogP contribution in [0.1, 0.15) is 44.0 Å². The third-order valence-electron chi connectivity index (χ3n) is 5.05. The van der Waals surface area contributed by atoms with Gasteiger partial charge in [0.1, 0.15) is 5.69 Å². The lowest BCUT2D eigenvalue weighted by Gasteiger charge is -2.14. The molecule has 1 aromatic heterocycles. The zero-order valence-corrected chi connectivity index (χ0v) is 16.2. The molecule has 3 aromatic rings. The monoisotopic (exact) mass is 346 g/mol. The molecule has 0 bridgehead atoms. The maximum absolute atomic E-state index is 13.1. The van der Waals surface area contributed by atoms with Gasteiger partial charge in [-0.05, 0) is 69.0 Å². The number of nitrogens with zero attached hydrogens (tertiary/aromatic N) is 1. The molecule has 0 fully saturated rings. The van der Waals surface area contributed by atoms with E-state index in [1.807, 2.05) is 38.1 Å². The first-order valence-corrected chi connectivity index (χ1v) is 8.96. The molecule has 134 valence electrons. The highest BCUT2D eigenvalue weighted by molar-refractivity contribution is 6.04. The lowest BCUT2D eigenvalue weighted by atomic mass is 10.1. The topological polar surface area (TPSA) is 34.0 Å². The van der Waals surface area contributed by atoms with E-state index in [9.17, 15) is 4.79 Å². The third kappa shape index (κ3) is 3.57. The molecule has 0 atom stereocenters. The van der Waals surface area contributed by atoms with Crippen LogP contribution >= 0.6 is 0 Å². The van der Waals surface area contributed by atoms with E-state index >= 15 is 0 Å². The Hall–Kier alpha value is -2.81. The lowest BCUT2D eigenvalue weighted by molar-refractivity contribution is 0.101. The minimum atomic E-state index is -0.0584. The zero-order chi connectivity index (χ0) is 18.8. The molecule has 0 aliphatic heterocycles. The van der Waals surface area contributed by atoms with Gasteiger partial charge in [0.25, 0.3) is 5.91 Å². The van der Waals surface area contributed by atoms with Gasteiger partial charge < -0.3 is 9.88 Å². The lowest BCUT2D eigenvalue weighted by Crippen LogP contribution is -2.19. The molecule has 1 amide bonds. The van der Waals surface area contributed by atoms with Crippen molar-refractivity contribution < 1.29 is 4.79 Å². The summed E-state index contributed by atoms with van der Waals surface area (Å²) in [4.78, 5) is 13.1. The quantitative estimate of drug-likeness (QED) is 0.680. The van der Waals surface area contributed by atoms with Crippen molar-refractivity contribution in [3.8, 4) is 0 Å². The van der Waals surface area contributed by atoms with Gasteiger partial charge in [0.2, 0.25) is 0 Å². The van der Waals surface area contributed by atoms with Gasteiger partial charge in [-0.25, -0.2) is 0 Å². The second-order valence-corrected chi connectivity index (χ2v) is 7.08. The van der Waals surface area contributed by atoms with Crippen LogP contribution in [0.5, 0.6) is 0 Å². The van der Waals surface area contributed by atoms with Crippen LogP contribution in [0.15, 0.2) is 48.5 Å². The molecular formula is C23H26N2O. The van der Waals surface area contributed by atoms with E-state index in [2.05, 4.69) is 54.9 Å². The number of amides is 1. The largest absolute Gasteiger partial charge is 0.336 e. The second-order valence-electron chi connectivity index (χ2n) is 7.08. The summed E-state index contributed by atoms with van der Waals surface area (Å²) >= 11 is 0. The van der Waals surface area contributed by atoms with Crippen molar-refractivity contribution in [3.63, 3.8) is 0 Å². The van der Waals surface area contributed by atoms with Crippen LogP contribution < -0.4 is 5.32 Å². The van der Waals surface area contributed by atoms with Crippen molar-refractivity contribution >= 4 is 11.6 Å². The van der Waals surface area contributed by atoms with Crippen LogP contribution in [0.3, 0.4) is 0 Å². The first-order valence-electron chi connectivity index (χ1n) is 8.96. The van der Waals surface area contributed by atoms with E-state index in [0.717, 1.165) is 28.2 Å². The highest BCUT2D eigenvalue weighted by Crippen LogP contribution is 2.24. The average Bonchev–Trinajstić information content (AvgIpc) is 2.79. The Balaban J connectivity index is 1.98. The Morgan fingerprint density at radius 1 is 0.885 bits per heavy atom. The molecule has 2 aromatic carbocycles. The number of rotatable bonds is 4. The van der Waals surface area contributed by atoms with Crippen molar-refractivity contribution in [2.45, 2.75) is 41.2 Å². The molecule has 3 rings (SSSR count). The van der Waals surface area contributed by atoms with Crippen molar-refractivity contribution in [3.05, 3.63) is 87.7 Å². The highest BCUT2D eigenvalue weighted by atomic mass is 16.2. The SMILES string of the molecule is Cc1cccc(Cn2c(C)c(C)c(C)c2C(=O)Nc2cccc(C)c2)c1. The number of hydrogen-bond acceptors (Lipinski definition) is 1. The van der Waals surface area contributed by atoms with Gasteiger partial charge in [0.05, 0.1) is 0 Å². The van der Waals surface area contributed by atoms with Gasteiger partial charge in [-0.3, -0.25) is 4.79 Å². The minimum absolute atomic E-state index is 0.0584. The van der Waals surface area contributed by atoms with Crippen LogP contribution in [0.4, 0.5) is 5.69 Å². The van der Waals surface area contributed by atoms with Gasteiger partial charge in [-0.2, -0.15) is 0 Å². The molecule has 1 N–H and O–H groups in total. The molecule has 0 saturated heterocycles. The van der Waals surface area contributed by atoms with E-state index < -0.39 is 0 Å². The predicted octanol–water partition coefficient (Wildman–Crippen LogP) is 5.33. The van der Waals surface area contributed by atoms with Crippen molar-refractivity contribution in [1.82, 2.24) is 4.57 Å². The number of benzene rings is 2. The highest BCUT2D eigenvalue weighted by Gasteiger charge is 2.21. The van der Waals surface area contributed by atoms with Gasteiger partial charge >= 0.3 is 0 Å². The Kier molecular flexibility index (Phi) is 4.99. The fourth-order valence-corrected chi connectivity index (χ4v) is 3.42. The summed E-state index contributed by atoms with van der Waals surface area (Å²) in [5, 5.41) is 3.06. The summed E-state index contributed by atoms with van der Waals surface area (Å²) in [5.74, 6) is -0.0584. The van der Waals surface area contributed by atoms with Crippen molar-refractivity contribution in [2.75, 3.05) is 5.32 Å². The molecule has 0 spiro atoms. The maximum Gasteiger partial charge on any atom is 0.272 e. The number of nitrogens with one attached hydrogen (secondary N) is 1. The van der Waals surface area contributed by atoms with Crippen LogP contribution in [0.2, 0.25) is 0 Å². The van der Waals surface area contributed by atoms with Crippen LogP contribution in [-0.4, -0.2) is 10.5 Å². The van der Waals surface area contributed by atoms with E-state index in [0.29, 0.717) is 6.54 Å². The molecular weight excluding hydrogens is 320 g/mol. The number of carbonyl (C=O) groups is 1. The molecule has 0 saturated carbocycles. The molecule has 3 heteroatoms. The van der Waals surface area contributed by atoms with E-state index in [4.69, 9.17) is 0 Å². The molecule has 0 radical (unpaired) electrons. The smallest absolute Gasteiger partial charge is 0.272 e. The molecule has 0 aliphatic rings. The average molecular weight is 346 g/mol. The Bertz CT molecular complexity index is 966. The molecule has 0 aliphatic carbocycles. The summed E-state index contributed by atoms with van der Waals surface area (Å²) < 4.78 is 2.13. The Morgan fingerprint density at radius 2 is 1.54 bits per heavy atom. The van der Waals surface area contributed by atoms with E-state index in [1.54, 1.807) is 0 Å². The maximum atomic E-state index is 13.1. The summed E-state index contributed by atoms with van der Waals surface area (Å²) in [6.07, 6.45) is 0. The summed E-state index contributed by atoms with van der Waals surface area (Å²) in [6.45, 7) is 11.0. The number of aryl methyl sites for hydroxylation is 2. The third-order valence-corrected chi connectivity index (χ3v) is 5.05. The van der Waals surface area contributed by atoms with Crippen LogP contribution in [0.25, 0.3) is 0 Å². The van der Waals surface area contributed by atoms with Crippen LogP contribution in [0, 0.1) is 34.6 Å². The van der Waals surface area contributed by atoms with E-state index in [1.165, 1.54) is 16.7 Å². The van der Waals surface area contributed by atoms with Crippen molar-refractivity contribution in [1.29, 1.82) is 0 Å². The Labute approximate surface area is 155 Å². The predicted molar refractivity (Wildman–Crippen MR) is 108 cm³/mol. The summed E-state index contributed by atoms with van der Waals surface area (Å²) in [5.41, 5.74) is 8.48.